The number of carbonyl (C=O) groups excluding carboxylic acids is 3. The number of amides is 3. The SMILES string of the molecule is CC(=O)NCC(=O)N1CCCCC1c1nc(C)c2c(n1)N(CCc1cccc(C)c1)C(=O)C2. The number of anilines is 1. The predicted molar refractivity (Wildman–Crippen MR) is 125 cm³/mol. The number of nitrogens with zero attached hydrogens (tertiary/aromatic N) is 4. The first kappa shape index (κ1) is 22.9. The molecule has 33 heavy (non-hydrogen) atoms. The van der Waals surface area contributed by atoms with Gasteiger partial charge >= 0.3 is 0 Å². The fraction of sp³-hybridized carbons (Fsp3) is 0.480. The minimum absolute atomic E-state index is 0.0309. The smallest absolute Gasteiger partial charge is 0.242 e. The summed E-state index contributed by atoms with van der Waals surface area (Å²) >= 11 is 0. The van der Waals surface area contributed by atoms with Crippen molar-refractivity contribution in [1.82, 2.24) is 20.2 Å². The summed E-state index contributed by atoms with van der Waals surface area (Å²) < 4.78 is 0. The van der Waals surface area contributed by atoms with Crippen LogP contribution in [0.25, 0.3) is 0 Å². The van der Waals surface area contributed by atoms with Gasteiger partial charge in [-0.3, -0.25) is 19.3 Å². The molecule has 8 heteroatoms. The normalized spacial score (nSPS) is 17.8. The molecule has 0 radical (unpaired) electrons. The van der Waals surface area contributed by atoms with Crippen molar-refractivity contribution in [1.29, 1.82) is 0 Å². The molecule has 0 saturated carbocycles. The van der Waals surface area contributed by atoms with Crippen molar-refractivity contribution < 1.29 is 14.4 Å². The van der Waals surface area contributed by atoms with Crippen molar-refractivity contribution in [2.75, 3.05) is 24.5 Å². The van der Waals surface area contributed by atoms with E-state index in [9.17, 15) is 14.4 Å². The summed E-state index contributed by atoms with van der Waals surface area (Å²) in [6.45, 7) is 6.51. The minimum atomic E-state index is -0.252. The van der Waals surface area contributed by atoms with E-state index < -0.39 is 0 Å². The Kier molecular flexibility index (Phi) is 6.72. The zero-order valence-electron chi connectivity index (χ0n) is 19.6. The molecule has 1 saturated heterocycles. The fourth-order valence-electron chi connectivity index (χ4n) is 4.69. The number of nitrogens with one attached hydrogen (secondary N) is 1. The summed E-state index contributed by atoms with van der Waals surface area (Å²) in [6, 6.07) is 8.05. The van der Waals surface area contributed by atoms with E-state index in [1.807, 2.05) is 13.0 Å². The van der Waals surface area contributed by atoms with Crippen molar-refractivity contribution in [3.63, 3.8) is 0 Å². The van der Waals surface area contributed by atoms with E-state index in [1.165, 1.54) is 18.1 Å². The Balaban J connectivity index is 1.58. The number of likely N-dealkylation sites (tertiary alicyclic amines) is 1. The van der Waals surface area contributed by atoms with E-state index >= 15 is 0 Å². The van der Waals surface area contributed by atoms with E-state index in [2.05, 4.69) is 30.4 Å². The Morgan fingerprint density at radius 1 is 1.18 bits per heavy atom. The van der Waals surface area contributed by atoms with E-state index in [0.29, 0.717) is 31.2 Å². The van der Waals surface area contributed by atoms with E-state index in [1.54, 1.807) is 9.80 Å². The van der Waals surface area contributed by atoms with Gasteiger partial charge in [-0.1, -0.05) is 29.8 Å². The summed E-state index contributed by atoms with van der Waals surface area (Å²) in [5.74, 6) is 0.926. The Labute approximate surface area is 194 Å². The van der Waals surface area contributed by atoms with Gasteiger partial charge in [0.2, 0.25) is 17.7 Å². The second-order valence-electron chi connectivity index (χ2n) is 8.94. The maximum Gasteiger partial charge on any atom is 0.242 e. The van der Waals surface area contributed by atoms with Gasteiger partial charge in [0.05, 0.1) is 19.0 Å². The van der Waals surface area contributed by atoms with Crippen LogP contribution in [-0.2, 0) is 27.2 Å². The molecule has 1 atom stereocenters. The molecule has 2 aromatic rings. The van der Waals surface area contributed by atoms with E-state index in [0.717, 1.165) is 36.9 Å². The van der Waals surface area contributed by atoms with Gasteiger partial charge in [-0.05, 0) is 45.1 Å². The van der Waals surface area contributed by atoms with Gasteiger partial charge in [0.15, 0.2) is 5.82 Å². The maximum absolute atomic E-state index is 12.8. The molecule has 174 valence electrons. The molecule has 1 fully saturated rings. The molecule has 3 amide bonds. The van der Waals surface area contributed by atoms with Crippen LogP contribution in [0, 0.1) is 13.8 Å². The van der Waals surface area contributed by atoms with Crippen molar-refractivity contribution in [3.8, 4) is 0 Å². The number of fused-ring (bicyclic) bond motifs is 1. The zero-order chi connectivity index (χ0) is 23.5. The van der Waals surface area contributed by atoms with Gasteiger partial charge < -0.3 is 10.2 Å². The lowest BCUT2D eigenvalue weighted by molar-refractivity contribution is -0.136. The molecular formula is C25H31N5O3. The minimum Gasteiger partial charge on any atom is -0.347 e. The number of rotatable bonds is 6. The molecule has 1 unspecified atom stereocenters. The van der Waals surface area contributed by atoms with Crippen molar-refractivity contribution >= 4 is 23.5 Å². The van der Waals surface area contributed by atoms with Crippen LogP contribution in [0.2, 0.25) is 0 Å². The number of aryl methyl sites for hydroxylation is 2. The Hall–Kier alpha value is -3.29. The average Bonchev–Trinajstić information content (AvgIpc) is 3.11. The third kappa shape index (κ3) is 5.05. The first-order valence-corrected chi connectivity index (χ1v) is 11.6. The fourth-order valence-corrected chi connectivity index (χ4v) is 4.69. The molecule has 1 aromatic heterocycles. The number of benzene rings is 1. The first-order chi connectivity index (χ1) is 15.8. The van der Waals surface area contributed by atoms with Gasteiger partial charge in [0, 0.05) is 31.3 Å². The quantitative estimate of drug-likeness (QED) is 0.731. The van der Waals surface area contributed by atoms with Crippen LogP contribution in [0.15, 0.2) is 24.3 Å². The lowest BCUT2D eigenvalue weighted by Crippen LogP contribution is -2.44. The largest absolute Gasteiger partial charge is 0.347 e. The highest BCUT2D eigenvalue weighted by atomic mass is 16.2. The summed E-state index contributed by atoms with van der Waals surface area (Å²) in [5.41, 5.74) is 4.05. The number of aromatic nitrogens is 2. The Bertz CT molecular complexity index is 1080. The Morgan fingerprint density at radius 3 is 2.76 bits per heavy atom. The molecule has 2 aliphatic rings. The monoisotopic (exact) mass is 449 g/mol. The summed E-state index contributed by atoms with van der Waals surface area (Å²) in [5, 5.41) is 2.59. The summed E-state index contributed by atoms with van der Waals surface area (Å²) in [4.78, 5) is 50.0. The second kappa shape index (κ2) is 9.68. The molecule has 0 aliphatic carbocycles. The van der Waals surface area contributed by atoms with Gasteiger partial charge in [-0.15, -0.1) is 0 Å². The van der Waals surface area contributed by atoms with Crippen LogP contribution < -0.4 is 10.2 Å². The van der Waals surface area contributed by atoms with Crippen LogP contribution in [0.5, 0.6) is 0 Å². The number of hydrogen-bond donors (Lipinski definition) is 1. The molecule has 1 N–H and O–H groups in total. The molecule has 2 aliphatic heterocycles. The number of hydrogen-bond acceptors (Lipinski definition) is 5. The highest BCUT2D eigenvalue weighted by Crippen LogP contribution is 2.34. The van der Waals surface area contributed by atoms with Gasteiger partial charge in [0.25, 0.3) is 0 Å². The van der Waals surface area contributed by atoms with Gasteiger partial charge in [0.1, 0.15) is 5.82 Å². The highest BCUT2D eigenvalue weighted by molar-refractivity contribution is 6.00. The molecule has 3 heterocycles. The topological polar surface area (TPSA) is 95.5 Å². The van der Waals surface area contributed by atoms with Crippen LogP contribution in [0.1, 0.15) is 60.4 Å². The molecule has 0 spiro atoms. The summed E-state index contributed by atoms with van der Waals surface area (Å²) in [6.07, 6.45) is 3.71. The average molecular weight is 450 g/mol. The van der Waals surface area contributed by atoms with Crippen LogP contribution in [-0.4, -0.2) is 52.2 Å². The van der Waals surface area contributed by atoms with E-state index in [-0.39, 0.29) is 30.3 Å². The lowest BCUT2D eigenvalue weighted by atomic mass is 10.0. The standard InChI is InChI=1S/C25H31N5O3/c1-16-7-6-8-19(13-16)10-12-30-22(32)14-20-17(2)27-24(28-25(20)30)21-9-4-5-11-29(21)23(33)15-26-18(3)31/h6-8,13,21H,4-5,9-12,14-15H2,1-3H3,(H,26,31). The lowest BCUT2D eigenvalue weighted by Gasteiger charge is -2.35. The maximum atomic E-state index is 12.8. The van der Waals surface area contributed by atoms with Crippen molar-refractivity contribution in [3.05, 3.63) is 52.5 Å². The predicted octanol–water partition coefficient (Wildman–Crippen LogP) is 2.41. The third-order valence-electron chi connectivity index (χ3n) is 6.41. The van der Waals surface area contributed by atoms with Gasteiger partial charge in [-0.25, -0.2) is 9.97 Å². The van der Waals surface area contributed by atoms with E-state index in [4.69, 9.17) is 9.97 Å². The summed E-state index contributed by atoms with van der Waals surface area (Å²) in [7, 11) is 0. The van der Waals surface area contributed by atoms with Crippen molar-refractivity contribution in [2.24, 2.45) is 0 Å². The molecule has 1 aromatic carbocycles. The zero-order valence-corrected chi connectivity index (χ0v) is 19.6. The molecule has 4 rings (SSSR count). The first-order valence-electron chi connectivity index (χ1n) is 11.6. The third-order valence-corrected chi connectivity index (χ3v) is 6.41. The molecular weight excluding hydrogens is 418 g/mol. The highest BCUT2D eigenvalue weighted by Gasteiger charge is 2.35. The van der Waals surface area contributed by atoms with Gasteiger partial charge in [-0.2, -0.15) is 0 Å². The van der Waals surface area contributed by atoms with Crippen molar-refractivity contribution in [2.45, 2.75) is 58.9 Å². The molecule has 8 nitrogen and oxygen atoms in total. The number of carbonyl (C=O) groups is 3. The van der Waals surface area contributed by atoms with Crippen LogP contribution in [0.4, 0.5) is 5.82 Å². The number of piperidine rings is 1. The van der Waals surface area contributed by atoms with Crippen LogP contribution >= 0.6 is 0 Å². The molecule has 0 bridgehead atoms. The Morgan fingerprint density at radius 2 is 2.00 bits per heavy atom. The van der Waals surface area contributed by atoms with Crippen LogP contribution in [0.3, 0.4) is 0 Å². The second-order valence-corrected chi connectivity index (χ2v) is 8.94.